The Bertz CT molecular complexity index is 952. The van der Waals surface area contributed by atoms with E-state index in [-0.39, 0.29) is 24.8 Å². The lowest BCUT2D eigenvalue weighted by molar-refractivity contribution is -0.149. The van der Waals surface area contributed by atoms with Crippen molar-refractivity contribution in [3.05, 3.63) is 47.8 Å². The van der Waals surface area contributed by atoms with E-state index in [4.69, 9.17) is 19.2 Å². The zero-order chi connectivity index (χ0) is 21.9. The minimum atomic E-state index is -0.104. The van der Waals surface area contributed by atoms with Gasteiger partial charge in [0.2, 0.25) is 6.79 Å². The van der Waals surface area contributed by atoms with E-state index in [0.717, 1.165) is 55.4 Å². The number of ether oxygens (including phenoxy) is 3. The molecule has 170 valence electrons. The molecule has 0 amide bonds. The van der Waals surface area contributed by atoms with Gasteiger partial charge in [-0.25, -0.2) is 10.4 Å². The van der Waals surface area contributed by atoms with Crippen LogP contribution < -0.4 is 20.2 Å². The normalized spacial score (nSPS) is 22.1. The number of hydrogen-bond acceptors (Lipinski definition) is 9. The number of benzene rings is 1. The van der Waals surface area contributed by atoms with Crippen molar-refractivity contribution >= 4 is 11.9 Å². The van der Waals surface area contributed by atoms with Gasteiger partial charge in [0.15, 0.2) is 23.6 Å². The Morgan fingerprint density at radius 1 is 1.28 bits per heavy atom. The number of rotatable bonds is 5. The van der Waals surface area contributed by atoms with Gasteiger partial charge in [0, 0.05) is 32.0 Å². The van der Waals surface area contributed by atoms with Crippen LogP contribution in [0, 0.1) is 5.92 Å². The van der Waals surface area contributed by atoms with Crippen LogP contribution in [0.3, 0.4) is 0 Å². The number of guanidine groups is 1. The van der Waals surface area contributed by atoms with E-state index in [1.54, 1.807) is 0 Å². The number of fused-ring (bicyclic) bond motifs is 2. The third-order valence-corrected chi connectivity index (χ3v) is 6.16. The van der Waals surface area contributed by atoms with Crippen molar-refractivity contribution in [2.75, 3.05) is 26.5 Å². The lowest BCUT2D eigenvalue weighted by Gasteiger charge is -2.39. The van der Waals surface area contributed by atoms with Crippen molar-refractivity contribution in [2.45, 2.75) is 38.9 Å². The third kappa shape index (κ3) is 4.25. The summed E-state index contributed by atoms with van der Waals surface area (Å²) in [4.78, 5) is 19.2. The molecule has 0 saturated carbocycles. The molecule has 0 aromatic heterocycles. The molecule has 1 atom stereocenters. The van der Waals surface area contributed by atoms with Crippen LogP contribution in [0.5, 0.6) is 11.5 Å². The summed E-state index contributed by atoms with van der Waals surface area (Å²) in [5.74, 6) is 2.33. The predicted octanol–water partition coefficient (Wildman–Crippen LogP) is 2.08. The average molecular weight is 440 g/mol. The second-order valence-corrected chi connectivity index (χ2v) is 8.22. The van der Waals surface area contributed by atoms with E-state index in [1.807, 2.05) is 30.1 Å². The molecule has 4 aliphatic rings. The fourth-order valence-corrected chi connectivity index (χ4v) is 4.39. The quantitative estimate of drug-likeness (QED) is 0.675. The van der Waals surface area contributed by atoms with Crippen molar-refractivity contribution in [3.8, 4) is 11.5 Å². The van der Waals surface area contributed by atoms with Gasteiger partial charge in [-0.15, -0.1) is 0 Å². The van der Waals surface area contributed by atoms with Crippen LogP contribution in [-0.2, 0) is 16.1 Å². The number of piperidine rings is 1. The molecule has 5 rings (SSSR count). The summed E-state index contributed by atoms with van der Waals surface area (Å²) in [5, 5.41) is 5.41. The predicted molar refractivity (Wildman–Crippen MR) is 118 cm³/mol. The van der Waals surface area contributed by atoms with Gasteiger partial charge in [0.1, 0.15) is 0 Å². The van der Waals surface area contributed by atoms with E-state index in [2.05, 4.69) is 34.1 Å². The number of aliphatic imine (C=N–C) groups is 1. The van der Waals surface area contributed by atoms with Crippen LogP contribution in [0.4, 0.5) is 0 Å². The van der Waals surface area contributed by atoms with Crippen molar-refractivity contribution < 1.29 is 19.0 Å². The first-order chi connectivity index (χ1) is 15.7. The van der Waals surface area contributed by atoms with Gasteiger partial charge >= 0.3 is 5.97 Å². The maximum absolute atomic E-state index is 12.0. The van der Waals surface area contributed by atoms with Gasteiger partial charge in [0.05, 0.1) is 12.5 Å². The summed E-state index contributed by atoms with van der Waals surface area (Å²) in [6, 6.07) is 5.98. The summed E-state index contributed by atoms with van der Waals surface area (Å²) >= 11 is 0. The summed E-state index contributed by atoms with van der Waals surface area (Å²) in [5.41, 5.74) is 5.80. The topological polar surface area (TPSA) is 87.7 Å². The third-order valence-electron chi connectivity index (χ3n) is 6.16. The average Bonchev–Trinajstić information content (AvgIpc) is 3.30. The second-order valence-electron chi connectivity index (χ2n) is 8.22. The van der Waals surface area contributed by atoms with Crippen molar-refractivity contribution in [1.29, 1.82) is 0 Å². The maximum Gasteiger partial charge on any atom is 0.309 e. The fourth-order valence-electron chi connectivity index (χ4n) is 4.39. The minimum absolute atomic E-state index is 0.0148. The van der Waals surface area contributed by atoms with E-state index in [0.29, 0.717) is 13.2 Å². The Morgan fingerprint density at radius 2 is 2.12 bits per heavy atom. The summed E-state index contributed by atoms with van der Waals surface area (Å²) in [6.07, 6.45) is 8.56. The molecule has 2 N–H and O–H groups in total. The molecule has 0 radical (unpaired) electrons. The van der Waals surface area contributed by atoms with Crippen LogP contribution >= 0.6 is 0 Å². The Hall–Kier alpha value is -3.20. The molecular weight excluding hydrogens is 410 g/mol. The van der Waals surface area contributed by atoms with E-state index >= 15 is 0 Å². The fraction of sp³-hybridized carbons (Fsp3) is 0.478. The molecule has 1 aromatic rings. The molecule has 9 heteroatoms. The molecule has 4 aliphatic heterocycles. The Balaban J connectivity index is 1.22. The molecule has 4 heterocycles. The van der Waals surface area contributed by atoms with Gasteiger partial charge in [0.25, 0.3) is 0 Å². The van der Waals surface area contributed by atoms with Gasteiger partial charge in [-0.3, -0.25) is 9.80 Å². The molecule has 32 heavy (non-hydrogen) atoms. The summed E-state index contributed by atoms with van der Waals surface area (Å²) in [7, 11) is 0. The van der Waals surface area contributed by atoms with Crippen molar-refractivity contribution in [2.24, 2.45) is 10.9 Å². The monoisotopic (exact) mass is 439 g/mol. The lowest BCUT2D eigenvalue weighted by Crippen LogP contribution is -2.51. The molecule has 1 saturated heterocycles. The summed E-state index contributed by atoms with van der Waals surface area (Å²) < 4.78 is 16.1. The highest BCUT2D eigenvalue weighted by Crippen LogP contribution is 2.32. The number of nitrogens with zero attached hydrogens (tertiary/aromatic N) is 3. The lowest BCUT2D eigenvalue weighted by atomic mass is 9.97. The molecule has 1 aromatic carbocycles. The van der Waals surface area contributed by atoms with Gasteiger partial charge in [-0.1, -0.05) is 12.1 Å². The Labute approximate surface area is 187 Å². The van der Waals surface area contributed by atoms with E-state index in [1.165, 1.54) is 5.57 Å². The van der Waals surface area contributed by atoms with E-state index < -0.39 is 0 Å². The largest absolute Gasteiger partial charge is 0.466 e. The maximum atomic E-state index is 12.0. The number of nitrogens with one attached hydrogen (secondary N) is 2. The standard InChI is InChI=1S/C23H29N5O4/c1-2-30-22(29)17-7-10-27(11-8-17)23-24-14-18-4-3-9-28(21(18)26-23)25-13-16-5-6-19-20(12-16)32-15-31-19/h3,5-6,9,12,14,17,21,25H,2,4,7-8,10-11,13,15H2,1H3,(H,24,26). The molecule has 1 fully saturated rings. The molecule has 1 unspecified atom stereocenters. The van der Waals surface area contributed by atoms with Gasteiger partial charge < -0.3 is 24.4 Å². The van der Waals surface area contributed by atoms with Crippen LogP contribution in [0.2, 0.25) is 0 Å². The number of esters is 1. The van der Waals surface area contributed by atoms with Crippen LogP contribution in [0.15, 0.2) is 47.2 Å². The van der Waals surface area contributed by atoms with Crippen molar-refractivity contribution in [1.82, 2.24) is 20.7 Å². The van der Waals surface area contributed by atoms with Gasteiger partial charge in [-0.05, 0) is 49.5 Å². The number of hydrazine groups is 1. The highest BCUT2D eigenvalue weighted by Gasteiger charge is 2.31. The van der Waals surface area contributed by atoms with Crippen molar-refractivity contribution in [3.63, 3.8) is 0 Å². The highest BCUT2D eigenvalue weighted by atomic mass is 16.7. The number of likely N-dealkylation sites (tertiary alicyclic amines) is 1. The van der Waals surface area contributed by atoms with Gasteiger partial charge in [-0.2, -0.15) is 0 Å². The second kappa shape index (κ2) is 9.12. The molecule has 9 nitrogen and oxygen atoms in total. The SMILES string of the molecule is CCOC(=O)C1CCN(C2=NC3C(=CN2)CC=CN3NCc2ccc3c(c2)OCO3)CC1. The number of hydrogen-bond donors (Lipinski definition) is 2. The molecule has 0 spiro atoms. The van der Waals surface area contributed by atoms with Crippen LogP contribution in [0.1, 0.15) is 31.7 Å². The van der Waals surface area contributed by atoms with E-state index in [9.17, 15) is 4.79 Å². The summed E-state index contributed by atoms with van der Waals surface area (Å²) in [6.45, 7) is 4.78. The number of allylic oxidation sites excluding steroid dienone is 1. The zero-order valence-corrected chi connectivity index (χ0v) is 18.3. The smallest absolute Gasteiger partial charge is 0.309 e. The Kier molecular flexibility index (Phi) is 5.89. The van der Waals surface area contributed by atoms with Crippen LogP contribution in [-0.4, -0.2) is 54.5 Å². The first-order valence-corrected chi connectivity index (χ1v) is 11.2. The number of carbonyl (C=O) groups excluding carboxylic acids is 1. The molecular formula is C23H29N5O4. The highest BCUT2D eigenvalue weighted by molar-refractivity contribution is 5.83. The zero-order valence-electron chi connectivity index (χ0n) is 18.3. The molecule has 0 aliphatic carbocycles. The first kappa shape index (κ1) is 20.7. The minimum Gasteiger partial charge on any atom is -0.466 e. The number of carbonyl (C=O) groups is 1. The molecule has 0 bridgehead atoms. The van der Waals surface area contributed by atoms with Crippen LogP contribution in [0.25, 0.3) is 0 Å². The first-order valence-electron chi connectivity index (χ1n) is 11.2. The Morgan fingerprint density at radius 3 is 2.97 bits per heavy atom.